The molecule has 1 aromatic heterocycles. The lowest BCUT2D eigenvalue weighted by atomic mass is 10.0. The Bertz CT molecular complexity index is 1310. The van der Waals surface area contributed by atoms with Crippen molar-refractivity contribution >= 4 is 29.4 Å². The van der Waals surface area contributed by atoms with Crippen LogP contribution in [-0.4, -0.2) is 41.0 Å². The van der Waals surface area contributed by atoms with Gasteiger partial charge in [0.1, 0.15) is 17.2 Å². The highest BCUT2D eigenvalue weighted by molar-refractivity contribution is 6.02. The fourth-order valence-electron chi connectivity index (χ4n) is 3.68. The van der Waals surface area contributed by atoms with E-state index in [9.17, 15) is 19.2 Å². The van der Waals surface area contributed by atoms with Crippen molar-refractivity contribution in [3.8, 4) is 11.1 Å². The molecule has 9 nitrogen and oxygen atoms in total. The summed E-state index contributed by atoms with van der Waals surface area (Å²) in [6.07, 6.45) is 1.42. The van der Waals surface area contributed by atoms with Gasteiger partial charge in [-0.3, -0.25) is 14.4 Å². The number of amides is 2. The number of benzene rings is 2. The maximum atomic E-state index is 13.0. The van der Waals surface area contributed by atoms with E-state index in [1.54, 1.807) is 90.1 Å². The third kappa shape index (κ3) is 9.41. The van der Waals surface area contributed by atoms with Crippen LogP contribution in [0.4, 0.5) is 5.69 Å². The van der Waals surface area contributed by atoms with E-state index in [1.807, 2.05) is 12.1 Å². The van der Waals surface area contributed by atoms with Crippen LogP contribution in [0.5, 0.6) is 0 Å². The molecule has 1 atom stereocenters. The summed E-state index contributed by atoms with van der Waals surface area (Å²) in [5.74, 6) is -1.69. The highest BCUT2D eigenvalue weighted by Gasteiger charge is 2.28. The topological polar surface area (TPSA) is 124 Å². The molecule has 0 bridgehead atoms. The van der Waals surface area contributed by atoms with Crippen LogP contribution in [0.3, 0.4) is 0 Å². The lowest BCUT2D eigenvalue weighted by Gasteiger charge is -2.25. The minimum absolute atomic E-state index is 0.0382. The second-order valence-electron chi connectivity index (χ2n) is 11.3. The molecule has 0 fully saturated rings. The minimum atomic E-state index is -1.03. The molecule has 3 aromatic rings. The van der Waals surface area contributed by atoms with Gasteiger partial charge in [-0.05, 0) is 95.5 Å². The van der Waals surface area contributed by atoms with Crippen LogP contribution in [0.15, 0.2) is 71.3 Å². The predicted molar refractivity (Wildman–Crippen MR) is 151 cm³/mol. The Kier molecular flexibility index (Phi) is 9.52. The molecule has 2 aromatic carbocycles. The lowest BCUT2D eigenvalue weighted by molar-refractivity contribution is -0.158. The van der Waals surface area contributed by atoms with Crippen molar-refractivity contribution in [1.29, 1.82) is 0 Å². The van der Waals surface area contributed by atoms with Gasteiger partial charge in [-0.2, -0.15) is 0 Å². The van der Waals surface area contributed by atoms with E-state index in [0.717, 1.165) is 11.1 Å². The summed E-state index contributed by atoms with van der Waals surface area (Å²) in [5.41, 5.74) is 1.28. The van der Waals surface area contributed by atoms with Crippen molar-refractivity contribution in [2.45, 2.75) is 71.6 Å². The highest BCUT2D eigenvalue weighted by atomic mass is 16.6. The van der Waals surface area contributed by atoms with E-state index in [4.69, 9.17) is 13.9 Å². The quantitative estimate of drug-likeness (QED) is 0.326. The van der Waals surface area contributed by atoms with Crippen molar-refractivity contribution in [3.63, 3.8) is 0 Å². The molecule has 212 valence electrons. The summed E-state index contributed by atoms with van der Waals surface area (Å²) in [6, 6.07) is 16.3. The number of nitrogens with one attached hydrogen (secondary N) is 2. The second kappa shape index (κ2) is 12.6. The van der Waals surface area contributed by atoms with Crippen molar-refractivity contribution in [1.82, 2.24) is 5.32 Å². The zero-order chi connectivity index (χ0) is 29.5. The molecule has 0 spiro atoms. The number of rotatable bonds is 9. The highest BCUT2D eigenvalue weighted by Crippen LogP contribution is 2.23. The molecule has 0 aliphatic heterocycles. The van der Waals surface area contributed by atoms with Crippen LogP contribution in [0.2, 0.25) is 0 Å². The lowest BCUT2D eigenvalue weighted by Crippen LogP contribution is -2.44. The first-order valence-electron chi connectivity index (χ1n) is 13.0. The van der Waals surface area contributed by atoms with Crippen LogP contribution in [0.1, 0.15) is 75.3 Å². The Labute approximate surface area is 234 Å². The molecule has 0 radical (unpaired) electrons. The van der Waals surface area contributed by atoms with Gasteiger partial charge in [0.25, 0.3) is 11.8 Å². The normalized spacial score (nSPS) is 12.2. The van der Waals surface area contributed by atoms with E-state index in [1.165, 1.54) is 6.26 Å². The van der Waals surface area contributed by atoms with E-state index in [0.29, 0.717) is 11.3 Å². The first-order valence-corrected chi connectivity index (χ1v) is 13.0. The molecule has 0 saturated carbocycles. The molecule has 1 heterocycles. The summed E-state index contributed by atoms with van der Waals surface area (Å²) in [7, 11) is 0. The number of esters is 2. The van der Waals surface area contributed by atoms with Crippen LogP contribution >= 0.6 is 0 Å². The summed E-state index contributed by atoms with van der Waals surface area (Å²) in [4.78, 5) is 50.2. The van der Waals surface area contributed by atoms with Gasteiger partial charge in [0.2, 0.25) is 0 Å². The molecule has 0 saturated heterocycles. The summed E-state index contributed by atoms with van der Waals surface area (Å²) < 4.78 is 15.9. The number of hydrogen-bond donors (Lipinski definition) is 2. The molecule has 1 unspecified atom stereocenters. The number of carbonyl (C=O) groups is 4. The molecule has 0 aliphatic carbocycles. The molecular formula is C31H36N2O7. The molecule has 9 heteroatoms. The van der Waals surface area contributed by atoms with Gasteiger partial charge in [-0.1, -0.05) is 24.3 Å². The van der Waals surface area contributed by atoms with E-state index < -0.39 is 35.1 Å². The summed E-state index contributed by atoms with van der Waals surface area (Å²) in [5, 5.41) is 5.47. The second-order valence-corrected chi connectivity index (χ2v) is 11.3. The summed E-state index contributed by atoms with van der Waals surface area (Å²) >= 11 is 0. The molecule has 2 amide bonds. The van der Waals surface area contributed by atoms with Gasteiger partial charge in [-0.25, -0.2) is 4.79 Å². The van der Waals surface area contributed by atoms with Gasteiger partial charge in [0.15, 0.2) is 5.76 Å². The summed E-state index contributed by atoms with van der Waals surface area (Å²) in [6.45, 7) is 10.5. The number of carbonyl (C=O) groups excluding carboxylic acids is 4. The standard InChI is InChI=1S/C31H36N2O7/c1-30(2,3)39-26(34)18-17-24(29(37)40-31(4,5)6)33-27(35)22-11-9-20(10-12-22)21-13-15-23(16-14-21)32-28(36)25-8-7-19-38-25/h7-16,19,24H,17-18H2,1-6H3,(H,32,36)(H,33,35). The van der Waals surface area contributed by atoms with Gasteiger partial charge in [-0.15, -0.1) is 0 Å². The maximum absolute atomic E-state index is 13.0. The molecule has 40 heavy (non-hydrogen) atoms. The largest absolute Gasteiger partial charge is 0.460 e. The van der Waals surface area contributed by atoms with Gasteiger partial charge < -0.3 is 24.5 Å². The van der Waals surface area contributed by atoms with Crippen LogP contribution in [-0.2, 0) is 19.1 Å². The number of hydrogen-bond acceptors (Lipinski definition) is 7. The maximum Gasteiger partial charge on any atom is 0.329 e. The molecule has 0 aliphatic rings. The monoisotopic (exact) mass is 548 g/mol. The predicted octanol–water partition coefficient (Wildman–Crippen LogP) is 5.76. The van der Waals surface area contributed by atoms with Gasteiger partial charge in [0.05, 0.1) is 6.26 Å². The number of anilines is 1. The molecule has 2 N–H and O–H groups in total. The fourth-order valence-corrected chi connectivity index (χ4v) is 3.68. The minimum Gasteiger partial charge on any atom is -0.460 e. The first-order chi connectivity index (χ1) is 18.7. The van der Waals surface area contributed by atoms with Gasteiger partial charge >= 0.3 is 11.9 Å². The molecular weight excluding hydrogens is 512 g/mol. The molecule has 3 rings (SSSR count). The number of furan rings is 1. The Hall–Kier alpha value is -4.40. The Balaban J connectivity index is 1.65. The average Bonchev–Trinajstić information content (AvgIpc) is 3.40. The smallest absolute Gasteiger partial charge is 0.329 e. The average molecular weight is 549 g/mol. The SMILES string of the molecule is CC(C)(C)OC(=O)CCC(NC(=O)c1ccc(-c2ccc(NC(=O)c3ccco3)cc2)cc1)C(=O)OC(C)(C)C. The fraction of sp³-hybridized carbons (Fsp3) is 0.355. The van der Waals surface area contributed by atoms with Crippen molar-refractivity contribution in [2.75, 3.05) is 5.32 Å². The van der Waals surface area contributed by atoms with Crippen molar-refractivity contribution in [3.05, 3.63) is 78.3 Å². The zero-order valence-electron chi connectivity index (χ0n) is 23.7. The van der Waals surface area contributed by atoms with E-state index >= 15 is 0 Å². The Morgan fingerprint density at radius 2 is 1.35 bits per heavy atom. The zero-order valence-corrected chi connectivity index (χ0v) is 23.7. The van der Waals surface area contributed by atoms with Crippen molar-refractivity contribution < 1.29 is 33.1 Å². The van der Waals surface area contributed by atoms with Gasteiger partial charge in [0, 0.05) is 17.7 Å². The van der Waals surface area contributed by atoms with Crippen molar-refractivity contribution in [2.24, 2.45) is 0 Å². The van der Waals surface area contributed by atoms with Crippen LogP contribution in [0.25, 0.3) is 11.1 Å². The first kappa shape index (κ1) is 30.1. The third-order valence-electron chi connectivity index (χ3n) is 5.42. The third-order valence-corrected chi connectivity index (χ3v) is 5.42. The Morgan fingerprint density at radius 1 is 0.775 bits per heavy atom. The van der Waals surface area contributed by atoms with Crippen LogP contribution < -0.4 is 10.6 Å². The van der Waals surface area contributed by atoms with Crippen LogP contribution in [0, 0.1) is 0 Å². The Morgan fingerprint density at radius 3 is 1.88 bits per heavy atom. The number of ether oxygens (including phenoxy) is 2. The van der Waals surface area contributed by atoms with E-state index in [2.05, 4.69) is 10.6 Å². The van der Waals surface area contributed by atoms with E-state index in [-0.39, 0.29) is 24.5 Å².